The number of carbonyl (C=O) groups is 1. The van der Waals surface area contributed by atoms with Crippen LogP contribution in [0.15, 0.2) is 65.4 Å². The fourth-order valence-electron chi connectivity index (χ4n) is 2.87. The number of phenolic OH excluding ortho intramolecular Hbond substituents is 1. The van der Waals surface area contributed by atoms with Crippen molar-refractivity contribution < 1.29 is 14.6 Å². The SMILES string of the molecule is C=CCn1c(CNc2ccc(I)cc2)nnc1S[C@H](C)C(=O)N/N=C/c1cccc(OC)c1O. The normalized spacial score (nSPS) is 11.9. The number of thioether (sulfide) groups is 1. The number of methoxy groups -OCH3 is 1. The second kappa shape index (κ2) is 12.4. The highest BCUT2D eigenvalue weighted by Gasteiger charge is 2.19. The van der Waals surface area contributed by atoms with Gasteiger partial charge in [-0.2, -0.15) is 5.10 Å². The number of aromatic hydroxyl groups is 1. The first kappa shape index (κ1) is 25.6. The minimum Gasteiger partial charge on any atom is -0.504 e. The molecule has 0 aliphatic heterocycles. The Bertz CT molecular complexity index is 1170. The largest absolute Gasteiger partial charge is 0.504 e. The van der Waals surface area contributed by atoms with Crippen LogP contribution in [0.4, 0.5) is 5.69 Å². The second-order valence-electron chi connectivity index (χ2n) is 7.05. The van der Waals surface area contributed by atoms with Crippen LogP contribution in [0.25, 0.3) is 0 Å². The molecule has 1 atom stereocenters. The Labute approximate surface area is 215 Å². The molecule has 178 valence electrons. The number of phenols is 1. The topological polar surface area (TPSA) is 114 Å². The zero-order valence-corrected chi connectivity index (χ0v) is 21.7. The lowest BCUT2D eigenvalue weighted by atomic mass is 10.2. The third-order valence-electron chi connectivity index (χ3n) is 4.68. The Balaban J connectivity index is 1.61. The van der Waals surface area contributed by atoms with Crippen LogP contribution in [0.3, 0.4) is 0 Å². The number of hydrazone groups is 1. The summed E-state index contributed by atoms with van der Waals surface area (Å²) in [5.41, 5.74) is 3.90. The lowest BCUT2D eigenvalue weighted by Gasteiger charge is -2.12. The number of para-hydroxylation sites is 1. The molecule has 1 aromatic heterocycles. The summed E-state index contributed by atoms with van der Waals surface area (Å²) in [5.74, 6) is 0.706. The molecule has 2 aromatic carbocycles. The summed E-state index contributed by atoms with van der Waals surface area (Å²) in [4.78, 5) is 12.5. The highest BCUT2D eigenvalue weighted by atomic mass is 127. The summed E-state index contributed by atoms with van der Waals surface area (Å²) in [6.45, 7) is 6.57. The molecule has 0 bridgehead atoms. The van der Waals surface area contributed by atoms with Crippen molar-refractivity contribution >= 4 is 52.2 Å². The van der Waals surface area contributed by atoms with Gasteiger partial charge in [0.15, 0.2) is 22.5 Å². The maximum absolute atomic E-state index is 12.5. The van der Waals surface area contributed by atoms with Gasteiger partial charge in [-0.3, -0.25) is 4.79 Å². The minimum absolute atomic E-state index is 0.0469. The summed E-state index contributed by atoms with van der Waals surface area (Å²) >= 11 is 3.54. The van der Waals surface area contributed by atoms with Crippen molar-refractivity contribution in [3.63, 3.8) is 0 Å². The van der Waals surface area contributed by atoms with Crippen molar-refractivity contribution in [3.8, 4) is 11.5 Å². The van der Waals surface area contributed by atoms with E-state index in [-0.39, 0.29) is 11.7 Å². The maximum Gasteiger partial charge on any atom is 0.253 e. The Hall–Kier alpha value is -3.06. The Morgan fingerprint density at radius 1 is 1.32 bits per heavy atom. The average molecular weight is 592 g/mol. The molecule has 0 saturated heterocycles. The first-order valence-electron chi connectivity index (χ1n) is 10.3. The first-order chi connectivity index (χ1) is 16.4. The van der Waals surface area contributed by atoms with Gasteiger partial charge >= 0.3 is 0 Å². The van der Waals surface area contributed by atoms with Crippen LogP contribution in [-0.2, 0) is 17.9 Å². The molecule has 1 heterocycles. The molecule has 9 nitrogen and oxygen atoms in total. The van der Waals surface area contributed by atoms with Gasteiger partial charge in [0.2, 0.25) is 0 Å². The number of anilines is 1. The van der Waals surface area contributed by atoms with Gasteiger partial charge in [0.25, 0.3) is 5.91 Å². The molecule has 34 heavy (non-hydrogen) atoms. The van der Waals surface area contributed by atoms with Gasteiger partial charge in [-0.1, -0.05) is 23.9 Å². The predicted molar refractivity (Wildman–Crippen MR) is 142 cm³/mol. The van der Waals surface area contributed by atoms with Crippen LogP contribution in [0.5, 0.6) is 11.5 Å². The minimum atomic E-state index is -0.485. The Morgan fingerprint density at radius 2 is 2.09 bits per heavy atom. The molecule has 0 unspecified atom stereocenters. The average Bonchev–Trinajstić information content (AvgIpc) is 3.21. The number of rotatable bonds is 11. The van der Waals surface area contributed by atoms with Crippen LogP contribution in [0.1, 0.15) is 18.3 Å². The van der Waals surface area contributed by atoms with Crippen molar-refractivity contribution in [1.82, 2.24) is 20.2 Å². The molecular formula is C23H25IN6O3S. The summed E-state index contributed by atoms with van der Waals surface area (Å²) < 4.78 is 8.14. The number of nitrogens with one attached hydrogen (secondary N) is 2. The summed E-state index contributed by atoms with van der Waals surface area (Å²) in [6, 6.07) is 13.1. The van der Waals surface area contributed by atoms with Gasteiger partial charge < -0.3 is 19.7 Å². The molecule has 1 amide bonds. The summed E-state index contributed by atoms with van der Waals surface area (Å²) in [6.07, 6.45) is 3.12. The highest BCUT2D eigenvalue weighted by molar-refractivity contribution is 14.1. The third-order valence-corrected chi connectivity index (χ3v) is 6.48. The van der Waals surface area contributed by atoms with Gasteiger partial charge in [-0.05, 0) is 65.9 Å². The molecular weight excluding hydrogens is 567 g/mol. The van der Waals surface area contributed by atoms with Gasteiger partial charge in [0.05, 0.1) is 25.1 Å². The number of ether oxygens (including phenoxy) is 1. The molecule has 11 heteroatoms. The third kappa shape index (κ3) is 6.73. The van der Waals surface area contributed by atoms with Crippen LogP contribution in [0.2, 0.25) is 0 Å². The number of nitrogens with zero attached hydrogens (tertiary/aromatic N) is 4. The van der Waals surface area contributed by atoms with E-state index in [1.165, 1.54) is 25.1 Å². The maximum atomic E-state index is 12.5. The quantitative estimate of drug-likeness (QED) is 0.101. The molecule has 0 aliphatic rings. The summed E-state index contributed by atoms with van der Waals surface area (Å²) in [7, 11) is 1.46. The van der Waals surface area contributed by atoms with Crippen LogP contribution < -0.4 is 15.5 Å². The molecule has 3 aromatic rings. The molecule has 3 rings (SSSR count). The van der Waals surface area contributed by atoms with Crippen molar-refractivity contribution in [1.29, 1.82) is 0 Å². The van der Waals surface area contributed by atoms with Crippen LogP contribution in [0, 0.1) is 3.57 Å². The fraction of sp³-hybridized carbons (Fsp3) is 0.217. The van der Waals surface area contributed by atoms with Crippen molar-refractivity contribution in [2.45, 2.75) is 30.4 Å². The molecule has 0 spiro atoms. The number of allylic oxidation sites excluding steroid dienone is 1. The molecule has 3 N–H and O–H groups in total. The van der Waals surface area contributed by atoms with Gasteiger partial charge in [0.1, 0.15) is 0 Å². The predicted octanol–water partition coefficient (Wildman–Crippen LogP) is 4.03. The Kier molecular flexibility index (Phi) is 9.33. The van der Waals surface area contributed by atoms with E-state index in [1.54, 1.807) is 31.2 Å². The number of benzene rings is 2. The summed E-state index contributed by atoms with van der Waals surface area (Å²) in [5, 5.41) is 26.1. The lowest BCUT2D eigenvalue weighted by molar-refractivity contribution is -0.120. The van der Waals surface area contributed by atoms with Crippen molar-refractivity contribution in [3.05, 3.63) is 70.1 Å². The zero-order valence-electron chi connectivity index (χ0n) is 18.7. The van der Waals surface area contributed by atoms with E-state index in [9.17, 15) is 9.90 Å². The lowest BCUT2D eigenvalue weighted by Crippen LogP contribution is -2.27. The van der Waals surface area contributed by atoms with E-state index in [0.717, 1.165) is 15.1 Å². The van der Waals surface area contributed by atoms with Gasteiger partial charge in [-0.15, -0.1) is 16.8 Å². The van der Waals surface area contributed by atoms with Crippen molar-refractivity contribution in [2.24, 2.45) is 5.10 Å². The monoisotopic (exact) mass is 592 g/mol. The van der Waals surface area contributed by atoms with E-state index >= 15 is 0 Å². The smallest absolute Gasteiger partial charge is 0.253 e. The second-order valence-corrected chi connectivity index (χ2v) is 9.60. The van der Waals surface area contributed by atoms with Gasteiger partial charge in [0, 0.05) is 21.4 Å². The number of carbonyl (C=O) groups excluding carboxylic acids is 1. The highest BCUT2D eigenvalue weighted by Crippen LogP contribution is 2.28. The van der Waals surface area contributed by atoms with Gasteiger partial charge in [-0.25, -0.2) is 5.43 Å². The molecule has 0 fully saturated rings. The number of aromatic nitrogens is 3. The number of hydrogen-bond acceptors (Lipinski definition) is 8. The van der Waals surface area contributed by atoms with E-state index in [2.05, 4.69) is 55.2 Å². The van der Waals surface area contributed by atoms with E-state index in [4.69, 9.17) is 4.74 Å². The molecule has 0 aliphatic carbocycles. The van der Waals surface area contributed by atoms with E-state index in [0.29, 0.717) is 29.6 Å². The number of halogens is 1. The zero-order chi connectivity index (χ0) is 24.5. The first-order valence-corrected chi connectivity index (χ1v) is 12.3. The fourth-order valence-corrected chi connectivity index (χ4v) is 4.11. The molecule has 0 saturated carbocycles. The van der Waals surface area contributed by atoms with Crippen LogP contribution >= 0.6 is 34.4 Å². The molecule has 0 radical (unpaired) electrons. The number of hydrogen-bond donors (Lipinski definition) is 3. The van der Waals surface area contributed by atoms with Crippen LogP contribution in [-0.4, -0.2) is 44.4 Å². The van der Waals surface area contributed by atoms with Crippen molar-refractivity contribution in [2.75, 3.05) is 12.4 Å². The standard InChI is InChI=1S/C23H25IN6O3S/c1-4-12-30-20(14-25-18-10-8-17(24)9-11-18)27-29-23(30)34-15(2)22(32)28-26-13-16-6-5-7-19(33-3)21(16)31/h4-11,13,15,25,31H,1,12,14H2,2-3H3,(H,28,32)/b26-13+/t15-/m1/s1. The Morgan fingerprint density at radius 3 is 2.79 bits per heavy atom. The number of amides is 1. The van der Waals surface area contributed by atoms with E-state index < -0.39 is 5.25 Å². The van der Waals surface area contributed by atoms with E-state index in [1.807, 2.05) is 28.8 Å².